The Balaban J connectivity index is 1.37. The molecule has 1 saturated heterocycles. The number of aromatic nitrogens is 3. The summed E-state index contributed by atoms with van der Waals surface area (Å²) in [5.74, 6) is -0.925. The van der Waals surface area contributed by atoms with Crippen molar-refractivity contribution in [1.82, 2.24) is 25.0 Å². The van der Waals surface area contributed by atoms with Crippen molar-refractivity contribution in [3.8, 4) is 16.8 Å². The van der Waals surface area contributed by atoms with Crippen LogP contribution in [0, 0.1) is 12.7 Å². The first-order chi connectivity index (χ1) is 16.4. The molecule has 1 aliphatic carbocycles. The largest absolute Gasteiger partial charge is 0.378 e. The Hall–Kier alpha value is -3.33. The monoisotopic (exact) mass is 466 g/mol. The highest BCUT2D eigenvalue weighted by atomic mass is 19.1. The van der Waals surface area contributed by atoms with Crippen LogP contribution >= 0.6 is 0 Å². The van der Waals surface area contributed by atoms with E-state index in [1.807, 2.05) is 24.2 Å². The normalized spacial score (nSPS) is 20.8. The Bertz CT molecular complexity index is 1210. The second-order valence-electron chi connectivity index (χ2n) is 9.32. The SMILES string of the molecule is Cc1cc(F)c(C(=O)NC2CC2)cc1-c1cnn(-c2cncc(NC3CCN(C)C[C@H]3F)c2)c1. The summed E-state index contributed by atoms with van der Waals surface area (Å²) >= 11 is 0. The quantitative estimate of drug-likeness (QED) is 0.579. The zero-order chi connectivity index (χ0) is 23.8. The summed E-state index contributed by atoms with van der Waals surface area (Å²) in [5.41, 5.74) is 3.68. The van der Waals surface area contributed by atoms with E-state index < -0.39 is 17.9 Å². The van der Waals surface area contributed by atoms with Crippen LogP contribution in [0.1, 0.15) is 35.2 Å². The van der Waals surface area contributed by atoms with Crippen LogP contribution in [-0.4, -0.2) is 64.0 Å². The number of alkyl halides is 1. The fourth-order valence-corrected chi connectivity index (χ4v) is 4.32. The molecule has 1 unspecified atom stereocenters. The minimum Gasteiger partial charge on any atom is -0.378 e. The molecule has 2 N–H and O–H groups in total. The van der Waals surface area contributed by atoms with Crippen molar-refractivity contribution in [2.75, 3.05) is 25.5 Å². The first-order valence-electron chi connectivity index (χ1n) is 11.6. The van der Waals surface area contributed by atoms with E-state index in [2.05, 4.69) is 20.7 Å². The summed E-state index contributed by atoms with van der Waals surface area (Å²) < 4.78 is 30.6. The van der Waals surface area contributed by atoms with Crippen LogP contribution in [-0.2, 0) is 0 Å². The zero-order valence-corrected chi connectivity index (χ0v) is 19.3. The average Bonchev–Trinajstić information content (AvgIpc) is 3.48. The van der Waals surface area contributed by atoms with Crippen LogP contribution in [0.15, 0.2) is 43.0 Å². The summed E-state index contributed by atoms with van der Waals surface area (Å²) in [6.07, 6.45) is 8.48. The van der Waals surface area contributed by atoms with E-state index in [9.17, 15) is 13.6 Å². The van der Waals surface area contributed by atoms with Gasteiger partial charge in [-0.1, -0.05) is 0 Å². The number of pyridine rings is 1. The van der Waals surface area contributed by atoms with Crippen molar-refractivity contribution < 1.29 is 13.6 Å². The lowest BCUT2D eigenvalue weighted by Crippen LogP contribution is -2.46. The Kier molecular flexibility index (Phi) is 6.03. The molecule has 1 aliphatic heterocycles. The molecule has 2 aromatic heterocycles. The van der Waals surface area contributed by atoms with Crippen molar-refractivity contribution in [2.24, 2.45) is 0 Å². The van der Waals surface area contributed by atoms with Crippen LogP contribution in [0.4, 0.5) is 14.5 Å². The van der Waals surface area contributed by atoms with Gasteiger partial charge in [0.15, 0.2) is 0 Å². The number of rotatable bonds is 6. The number of carbonyl (C=O) groups excluding carboxylic acids is 1. The van der Waals surface area contributed by atoms with Gasteiger partial charge in [0.1, 0.15) is 12.0 Å². The van der Waals surface area contributed by atoms with Gasteiger partial charge in [-0.25, -0.2) is 13.5 Å². The zero-order valence-electron chi connectivity index (χ0n) is 19.3. The van der Waals surface area contributed by atoms with Crippen molar-refractivity contribution in [1.29, 1.82) is 0 Å². The maximum atomic E-state index is 14.5. The molecule has 2 atom stereocenters. The van der Waals surface area contributed by atoms with E-state index in [1.54, 1.807) is 36.3 Å². The van der Waals surface area contributed by atoms with E-state index in [4.69, 9.17) is 0 Å². The lowest BCUT2D eigenvalue weighted by molar-refractivity contribution is 0.0947. The molecule has 3 heterocycles. The van der Waals surface area contributed by atoms with Crippen LogP contribution in [0.5, 0.6) is 0 Å². The highest BCUT2D eigenvalue weighted by Gasteiger charge is 2.28. The molecule has 2 aliphatic rings. The van der Waals surface area contributed by atoms with Gasteiger partial charge in [0.2, 0.25) is 0 Å². The number of hydrogen-bond donors (Lipinski definition) is 2. The number of aryl methyl sites for hydroxylation is 1. The lowest BCUT2D eigenvalue weighted by atomic mass is 9.99. The number of nitrogens with one attached hydrogen (secondary N) is 2. The number of nitrogens with zero attached hydrogens (tertiary/aromatic N) is 4. The highest BCUT2D eigenvalue weighted by Crippen LogP contribution is 2.28. The van der Waals surface area contributed by atoms with Crippen molar-refractivity contribution in [3.05, 3.63) is 59.9 Å². The molecule has 1 saturated carbocycles. The molecule has 7 nitrogen and oxygen atoms in total. The lowest BCUT2D eigenvalue weighted by Gasteiger charge is -2.33. The molecule has 1 amide bonds. The summed E-state index contributed by atoms with van der Waals surface area (Å²) in [5, 5.41) is 10.6. The number of hydrogen-bond acceptors (Lipinski definition) is 5. The second kappa shape index (κ2) is 9.13. The molecule has 5 rings (SSSR count). The average molecular weight is 467 g/mol. The number of carbonyl (C=O) groups is 1. The standard InChI is InChI=1S/C25H28F2N6O/c1-15-7-22(26)21(25(34)31-17-3-4-17)9-20(15)16-10-29-33(13-16)19-8-18(11-28-12-19)30-24-5-6-32(2)14-23(24)27/h7-13,17,23-24,30H,3-6,14H2,1-2H3,(H,31,34)/t23-,24?/m1/s1. The third-order valence-corrected chi connectivity index (χ3v) is 6.45. The summed E-state index contributed by atoms with van der Waals surface area (Å²) in [6, 6.07) is 4.73. The van der Waals surface area contributed by atoms with Gasteiger partial charge in [0.25, 0.3) is 5.91 Å². The maximum Gasteiger partial charge on any atom is 0.254 e. The summed E-state index contributed by atoms with van der Waals surface area (Å²) in [6.45, 7) is 3.05. The van der Waals surface area contributed by atoms with Gasteiger partial charge in [0.05, 0.1) is 41.6 Å². The summed E-state index contributed by atoms with van der Waals surface area (Å²) in [7, 11) is 1.92. The molecule has 2 fully saturated rings. The maximum absolute atomic E-state index is 14.5. The van der Waals surface area contributed by atoms with E-state index >= 15 is 0 Å². The molecule has 34 heavy (non-hydrogen) atoms. The Morgan fingerprint density at radius 1 is 1.15 bits per heavy atom. The number of benzene rings is 1. The summed E-state index contributed by atoms with van der Waals surface area (Å²) in [4.78, 5) is 18.7. The van der Waals surface area contributed by atoms with Gasteiger partial charge in [0, 0.05) is 30.9 Å². The molecular weight excluding hydrogens is 438 g/mol. The van der Waals surface area contributed by atoms with Gasteiger partial charge in [-0.05, 0) is 62.6 Å². The first-order valence-corrected chi connectivity index (χ1v) is 11.6. The number of halogens is 2. The second-order valence-corrected chi connectivity index (χ2v) is 9.32. The Morgan fingerprint density at radius 2 is 1.97 bits per heavy atom. The van der Waals surface area contributed by atoms with Crippen molar-refractivity contribution in [2.45, 2.75) is 44.4 Å². The molecule has 0 bridgehead atoms. The first kappa shape index (κ1) is 22.5. The fourth-order valence-electron chi connectivity index (χ4n) is 4.32. The van der Waals surface area contributed by atoms with Crippen LogP contribution < -0.4 is 10.6 Å². The van der Waals surface area contributed by atoms with Crippen molar-refractivity contribution in [3.63, 3.8) is 0 Å². The predicted molar refractivity (Wildman–Crippen MR) is 126 cm³/mol. The topological polar surface area (TPSA) is 75.1 Å². The molecule has 0 spiro atoms. The van der Waals surface area contributed by atoms with Crippen LogP contribution in [0.3, 0.4) is 0 Å². The van der Waals surface area contributed by atoms with E-state index in [1.165, 1.54) is 6.07 Å². The number of likely N-dealkylation sites (tertiary alicyclic amines) is 1. The van der Waals surface area contributed by atoms with Gasteiger partial charge < -0.3 is 15.5 Å². The predicted octanol–water partition coefficient (Wildman–Crippen LogP) is 3.73. The Morgan fingerprint density at radius 3 is 2.74 bits per heavy atom. The molecular formula is C25H28F2N6O. The third kappa shape index (κ3) is 4.79. The highest BCUT2D eigenvalue weighted by molar-refractivity contribution is 5.96. The van der Waals surface area contributed by atoms with Crippen LogP contribution in [0.2, 0.25) is 0 Å². The van der Waals surface area contributed by atoms with Gasteiger partial charge in [-0.2, -0.15) is 5.10 Å². The van der Waals surface area contributed by atoms with E-state index in [0.29, 0.717) is 24.2 Å². The minimum absolute atomic E-state index is 0.0343. The van der Waals surface area contributed by atoms with Crippen molar-refractivity contribution >= 4 is 11.6 Å². The van der Waals surface area contributed by atoms with E-state index in [0.717, 1.165) is 36.2 Å². The number of anilines is 1. The molecule has 9 heteroatoms. The minimum atomic E-state index is -0.952. The smallest absolute Gasteiger partial charge is 0.254 e. The molecule has 0 radical (unpaired) electrons. The van der Waals surface area contributed by atoms with Crippen LogP contribution in [0.25, 0.3) is 16.8 Å². The van der Waals surface area contributed by atoms with Gasteiger partial charge in [-0.15, -0.1) is 0 Å². The molecule has 178 valence electrons. The Labute approximate surface area is 197 Å². The molecule has 3 aromatic rings. The third-order valence-electron chi connectivity index (χ3n) is 6.45. The number of amides is 1. The number of piperidine rings is 1. The van der Waals surface area contributed by atoms with Gasteiger partial charge >= 0.3 is 0 Å². The molecule has 1 aromatic carbocycles. The fraction of sp³-hybridized carbons (Fsp3) is 0.400. The van der Waals surface area contributed by atoms with E-state index in [-0.39, 0.29) is 17.6 Å². The van der Waals surface area contributed by atoms with Gasteiger partial charge in [-0.3, -0.25) is 9.78 Å².